The van der Waals surface area contributed by atoms with Crippen molar-refractivity contribution in [1.82, 2.24) is 4.98 Å². The van der Waals surface area contributed by atoms with E-state index in [0.29, 0.717) is 27.4 Å². The molecule has 118 valence electrons. The van der Waals surface area contributed by atoms with Crippen molar-refractivity contribution in [1.29, 1.82) is 0 Å². The standard InChI is InChI=1S/C19H12ClNO3/c1-10-6-12(20)8-13-14(19(22)23)9-15(21-18(10)13)17-7-11-4-2-3-5-16(11)24-17/h2-9H,1H3,(H,22,23). The van der Waals surface area contributed by atoms with Gasteiger partial charge in [-0.15, -0.1) is 0 Å². The smallest absolute Gasteiger partial charge is 0.336 e. The van der Waals surface area contributed by atoms with Crippen molar-refractivity contribution in [3.63, 3.8) is 0 Å². The van der Waals surface area contributed by atoms with Crippen LogP contribution in [0.1, 0.15) is 15.9 Å². The van der Waals surface area contributed by atoms with Gasteiger partial charge < -0.3 is 9.52 Å². The zero-order chi connectivity index (χ0) is 16.8. The number of aryl methyl sites for hydroxylation is 1. The van der Waals surface area contributed by atoms with E-state index in [4.69, 9.17) is 16.0 Å². The molecular weight excluding hydrogens is 326 g/mol. The number of carboxylic acid groups (broad SMARTS) is 1. The van der Waals surface area contributed by atoms with Crippen LogP contribution in [0.5, 0.6) is 0 Å². The van der Waals surface area contributed by atoms with Crippen molar-refractivity contribution in [2.75, 3.05) is 0 Å². The van der Waals surface area contributed by atoms with Gasteiger partial charge in [0, 0.05) is 15.8 Å². The van der Waals surface area contributed by atoms with E-state index in [2.05, 4.69) is 4.98 Å². The van der Waals surface area contributed by atoms with Crippen molar-refractivity contribution in [2.24, 2.45) is 0 Å². The van der Waals surface area contributed by atoms with Gasteiger partial charge in [0.2, 0.25) is 0 Å². The fraction of sp³-hybridized carbons (Fsp3) is 0.0526. The molecule has 0 atom stereocenters. The Labute approximate surface area is 142 Å². The average molecular weight is 338 g/mol. The maximum absolute atomic E-state index is 11.7. The fourth-order valence-corrected chi connectivity index (χ4v) is 3.14. The Kier molecular flexibility index (Phi) is 3.28. The number of fused-ring (bicyclic) bond motifs is 2. The van der Waals surface area contributed by atoms with Crippen molar-refractivity contribution >= 4 is 39.4 Å². The van der Waals surface area contributed by atoms with Gasteiger partial charge >= 0.3 is 5.97 Å². The summed E-state index contributed by atoms with van der Waals surface area (Å²) in [4.78, 5) is 16.3. The number of carbonyl (C=O) groups is 1. The highest BCUT2D eigenvalue weighted by molar-refractivity contribution is 6.31. The van der Waals surface area contributed by atoms with E-state index in [1.165, 1.54) is 6.07 Å². The number of halogens is 1. The third kappa shape index (κ3) is 2.32. The van der Waals surface area contributed by atoms with Gasteiger partial charge in [-0.3, -0.25) is 0 Å². The third-order valence-electron chi connectivity index (χ3n) is 3.98. The van der Waals surface area contributed by atoms with E-state index >= 15 is 0 Å². The molecule has 0 aliphatic heterocycles. The van der Waals surface area contributed by atoms with E-state index in [1.807, 2.05) is 37.3 Å². The maximum Gasteiger partial charge on any atom is 0.336 e. The molecule has 0 spiro atoms. The average Bonchev–Trinajstić information content (AvgIpc) is 2.98. The zero-order valence-corrected chi connectivity index (χ0v) is 13.5. The van der Waals surface area contributed by atoms with Gasteiger partial charge in [-0.1, -0.05) is 29.8 Å². The van der Waals surface area contributed by atoms with Crippen LogP contribution in [0.3, 0.4) is 0 Å². The molecule has 0 saturated carbocycles. The molecule has 0 aliphatic rings. The normalized spacial score (nSPS) is 11.2. The minimum absolute atomic E-state index is 0.154. The van der Waals surface area contributed by atoms with E-state index in [9.17, 15) is 9.90 Å². The number of hydrogen-bond donors (Lipinski definition) is 1. The number of benzene rings is 2. The minimum Gasteiger partial charge on any atom is -0.478 e. The van der Waals surface area contributed by atoms with Crippen LogP contribution in [0, 0.1) is 6.92 Å². The highest BCUT2D eigenvalue weighted by Gasteiger charge is 2.17. The third-order valence-corrected chi connectivity index (χ3v) is 4.20. The predicted octanol–water partition coefficient (Wildman–Crippen LogP) is 5.31. The first kappa shape index (κ1) is 14.7. The molecule has 0 radical (unpaired) electrons. The van der Waals surface area contributed by atoms with E-state index in [0.717, 1.165) is 16.5 Å². The van der Waals surface area contributed by atoms with Gasteiger partial charge in [0.25, 0.3) is 0 Å². The Morgan fingerprint density at radius 1 is 1.17 bits per heavy atom. The number of nitrogens with zero attached hydrogens (tertiary/aromatic N) is 1. The van der Waals surface area contributed by atoms with Crippen molar-refractivity contribution in [3.8, 4) is 11.5 Å². The summed E-state index contributed by atoms with van der Waals surface area (Å²) in [5.41, 5.74) is 2.80. The first-order valence-corrected chi connectivity index (χ1v) is 7.74. The molecule has 0 fully saturated rings. The van der Waals surface area contributed by atoms with Crippen molar-refractivity contribution < 1.29 is 14.3 Å². The molecule has 5 heteroatoms. The van der Waals surface area contributed by atoms with Crippen LogP contribution in [-0.4, -0.2) is 16.1 Å². The molecule has 2 heterocycles. The summed E-state index contributed by atoms with van der Waals surface area (Å²) in [7, 11) is 0. The lowest BCUT2D eigenvalue weighted by molar-refractivity contribution is 0.0699. The van der Waals surface area contributed by atoms with Crippen LogP contribution in [0.25, 0.3) is 33.3 Å². The molecule has 0 bridgehead atoms. The van der Waals surface area contributed by atoms with Crippen LogP contribution >= 0.6 is 11.6 Å². The molecule has 4 nitrogen and oxygen atoms in total. The van der Waals surface area contributed by atoms with Crippen LogP contribution in [0.15, 0.2) is 52.9 Å². The Balaban J connectivity index is 2.04. The zero-order valence-electron chi connectivity index (χ0n) is 12.7. The first-order valence-electron chi connectivity index (χ1n) is 7.36. The van der Waals surface area contributed by atoms with Crippen molar-refractivity contribution in [3.05, 3.63) is 64.7 Å². The largest absolute Gasteiger partial charge is 0.478 e. The molecule has 1 N–H and O–H groups in total. The van der Waals surface area contributed by atoms with Gasteiger partial charge in [-0.2, -0.15) is 0 Å². The van der Waals surface area contributed by atoms with Gasteiger partial charge in [0.1, 0.15) is 11.3 Å². The van der Waals surface area contributed by atoms with Crippen LogP contribution in [0.4, 0.5) is 0 Å². The van der Waals surface area contributed by atoms with Crippen LogP contribution in [0.2, 0.25) is 5.02 Å². The molecule has 0 saturated heterocycles. The quantitative estimate of drug-likeness (QED) is 0.538. The molecular formula is C19H12ClNO3. The molecule has 4 aromatic rings. The Hall–Kier alpha value is -2.85. The first-order chi connectivity index (χ1) is 11.5. The van der Waals surface area contributed by atoms with E-state index in [-0.39, 0.29) is 5.56 Å². The SMILES string of the molecule is Cc1cc(Cl)cc2c(C(=O)O)cc(-c3cc4ccccc4o3)nc12. The number of rotatable bonds is 2. The number of aromatic nitrogens is 1. The second-order valence-corrected chi connectivity index (χ2v) is 6.06. The van der Waals surface area contributed by atoms with Gasteiger partial charge in [-0.25, -0.2) is 9.78 Å². The molecule has 2 aromatic heterocycles. The number of aromatic carboxylic acids is 1. The molecule has 2 aromatic carbocycles. The Morgan fingerprint density at radius 2 is 1.96 bits per heavy atom. The predicted molar refractivity (Wildman–Crippen MR) is 93.7 cm³/mol. The number of carboxylic acids is 1. The highest BCUT2D eigenvalue weighted by atomic mass is 35.5. The molecule has 0 unspecified atom stereocenters. The molecule has 4 rings (SSSR count). The summed E-state index contributed by atoms with van der Waals surface area (Å²) in [6, 6.07) is 14.4. The lowest BCUT2D eigenvalue weighted by atomic mass is 10.0. The topological polar surface area (TPSA) is 63.3 Å². The second kappa shape index (κ2) is 5.35. The second-order valence-electron chi connectivity index (χ2n) is 5.63. The summed E-state index contributed by atoms with van der Waals surface area (Å²) in [6.45, 7) is 1.86. The molecule has 24 heavy (non-hydrogen) atoms. The minimum atomic E-state index is -1.03. The monoisotopic (exact) mass is 337 g/mol. The van der Waals surface area contributed by atoms with Crippen molar-refractivity contribution in [2.45, 2.75) is 6.92 Å². The van der Waals surface area contributed by atoms with E-state index in [1.54, 1.807) is 12.1 Å². The molecule has 0 aliphatic carbocycles. The fourth-order valence-electron chi connectivity index (χ4n) is 2.87. The Bertz CT molecular complexity index is 1080. The van der Waals surface area contributed by atoms with Gasteiger partial charge in [-0.05, 0) is 42.8 Å². The van der Waals surface area contributed by atoms with Crippen LogP contribution in [-0.2, 0) is 0 Å². The number of furan rings is 1. The lowest BCUT2D eigenvalue weighted by Gasteiger charge is -2.08. The summed E-state index contributed by atoms with van der Waals surface area (Å²) in [6.07, 6.45) is 0. The number of para-hydroxylation sites is 1. The Morgan fingerprint density at radius 3 is 2.71 bits per heavy atom. The van der Waals surface area contributed by atoms with Gasteiger partial charge in [0.05, 0.1) is 11.1 Å². The summed E-state index contributed by atoms with van der Waals surface area (Å²) in [5, 5.41) is 11.5. The van der Waals surface area contributed by atoms with Gasteiger partial charge in [0.15, 0.2) is 5.76 Å². The highest BCUT2D eigenvalue weighted by Crippen LogP contribution is 2.32. The summed E-state index contributed by atoms with van der Waals surface area (Å²) < 4.78 is 5.82. The van der Waals surface area contributed by atoms with Crippen LogP contribution < -0.4 is 0 Å². The lowest BCUT2D eigenvalue weighted by Crippen LogP contribution is -2.01. The molecule has 0 amide bonds. The summed E-state index contributed by atoms with van der Waals surface area (Å²) in [5.74, 6) is -0.489. The number of hydrogen-bond acceptors (Lipinski definition) is 3. The number of pyridine rings is 1. The summed E-state index contributed by atoms with van der Waals surface area (Å²) >= 11 is 6.07. The van der Waals surface area contributed by atoms with E-state index < -0.39 is 5.97 Å². The maximum atomic E-state index is 11.7.